The van der Waals surface area contributed by atoms with E-state index >= 15 is 0 Å². The third-order valence-corrected chi connectivity index (χ3v) is 3.08. The summed E-state index contributed by atoms with van der Waals surface area (Å²) in [6.45, 7) is 4.77. The highest BCUT2D eigenvalue weighted by atomic mass is 19.1. The van der Waals surface area contributed by atoms with Crippen molar-refractivity contribution in [1.82, 2.24) is 5.32 Å². The molecule has 1 aromatic rings. The van der Waals surface area contributed by atoms with Crippen LogP contribution in [0.4, 0.5) is 8.78 Å². The van der Waals surface area contributed by atoms with Gasteiger partial charge in [0.05, 0.1) is 12.5 Å². The predicted molar refractivity (Wildman–Crippen MR) is 73.6 cm³/mol. The number of aliphatic carboxylic acids is 1. The Morgan fingerprint density at radius 2 is 1.76 bits per heavy atom. The topological polar surface area (TPSA) is 66.4 Å². The first kappa shape index (κ1) is 17.1. The van der Waals surface area contributed by atoms with E-state index in [1.165, 1.54) is 13.0 Å². The van der Waals surface area contributed by atoms with E-state index in [0.717, 1.165) is 12.1 Å². The third kappa shape index (κ3) is 5.13. The second-order valence-electron chi connectivity index (χ2n) is 5.84. The first-order valence-electron chi connectivity index (χ1n) is 6.57. The number of rotatable bonds is 6. The van der Waals surface area contributed by atoms with Crippen molar-refractivity contribution in [3.05, 3.63) is 35.4 Å². The lowest BCUT2D eigenvalue weighted by Gasteiger charge is -2.23. The summed E-state index contributed by atoms with van der Waals surface area (Å²) in [5, 5.41) is 11.3. The predicted octanol–water partition coefficient (Wildman–Crippen LogP) is 3.03. The maximum absolute atomic E-state index is 13.6. The molecule has 0 aliphatic heterocycles. The summed E-state index contributed by atoms with van der Waals surface area (Å²) in [6, 6.07) is 2.66. The van der Waals surface area contributed by atoms with E-state index in [2.05, 4.69) is 5.32 Å². The quantitative estimate of drug-likeness (QED) is 0.848. The molecule has 0 aliphatic rings. The molecule has 0 heterocycles. The molecule has 1 aromatic carbocycles. The highest BCUT2D eigenvalue weighted by molar-refractivity contribution is 5.78. The van der Waals surface area contributed by atoms with E-state index in [4.69, 9.17) is 5.11 Å². The number of carbonyl (C=O) groups excluding carboxylic acids is 1. The van der Waals surface area contributed by atoms with E-state index in [1.54, 1.807) is 13.8 Å². The lowest BCUT2D eigenvalue weighted by Crippen LogP contribution is -2.32. The summed E-state index contributed by atoms with van der Waals surface area (Å²) in [4.78, 5) is 22.6. The second kappa shape index (κ2) is 6.65. The zero-order valence-corrected chi connectivity index (χ0v) is 12.2. The summed E-state index contributed by atoms with van der Waals surface area (Å²) < 4.78 is 27.2. The minimum absolute atomic E-state index is 0.0420. The molecule has 2 N–H and O–H groups in total. The molecule has 0 spiro atoms. The van der Waals surface area contributed by atoms with Crippen LogP contribution in [-0.2, 0) is 9.59 Å². The lowest BCUT2D eigenvalue weighted by molar-refractivity contribution is -0.139. The number of amides is 1. The van der Waals surface area contributed by atoms with Gasteiger partial charge in [0, 0.05) is 12.0 Å². The van der Waals surface area contributed by atoms with Crippen molar-refractivity contribution in [2.24, 2.45) is 5.41 Å². The van der Waals surface area contributed by atoms with Crippen LogP contribution in [0.25, 0.3) is 0 Å². The van der Waals surface area contributed by atoms with Gasteiger partial charge in [-0.05, 0) is 24.5 Å². The van der Waals surface area contributed by atoms with E-state index in [-0.39, 0.29) is 18.4 Å². The molecule has 0 fully saturated rings. The van der Waals surface area contributed by atoms with E-state index in [0.29, 0.717) is 0 Å². The average molecular weight is 299 g/mol. The van der Waals surface area contributed by atoms with Crippen LogP contribution in [0.5, 0.6) is 0 Å². The van der Waals surface area contributed by atoms with Crippen molar-refractivity contribution in [3.8, 4) is 0 Å². The molecule has 1 unspecified atom stereocenters. The van der Waals surface area contributed by atoms with Crippen molar-refractivity contribution in [1.29, 1.82) is 0 Å². The van der Waals surface area contributed by atoms with Gasteiger partial charge in [-0.3, -0.25) is 9.59 Å². The standard InChI is InChI=1S/C15H19F2NO3/c1-9(14-10(16)5-4-6-11(14)17)18-12(19)7-15(2,3)8-13(20)21/h4-6,9H,7-8H2,1-3H3,(H,18,19)(H,20,21). The van der Waals surface area contributed by atoms with Crippen molar-refractivity contribution in [2.45, 2.75) is 39.7 Å². The Kier molecular flexibility index (Phi) is 5.41. The summed E-state index contributed by atoms with van der Waals surface area (Å²) in [6.07, 6.45) is -0.206. The maximum atomic E-state index is 13.6. The van der Waals surface area contributed by atoms with Crippen LogP contribution in [0.1, 0.15) is 45.2 Å². The molecule has 0 aliphatic carbocycles. The number of hydrogen-bond acceptors (Lipinski definition) is 2. The van der Waals surface area contributed by atoms with Gasteiger partial charge in [-0.25, -0.2) is 8.78 Å². The van der Waals surface area contributed by atoms with Gasteiger partial charge in [0.25, 0.3) is 0 Å². The molecule has 0 saturated heterocycles. The summed E-state index contributed by atoms with van der Waals surface area (Å²) in [5.41, 5.74) is -0.939. The van der Waals surface area contributed by atoms with Gasteiger partial charge in [-0.1, -0.05) is 19.9 Å². The fourth-order valence-electron chi connectivity index (χ4n) is 2.20. The van der Waals surface area contributed by atoms with E-state index in [1.807, 2.05) is 0 Å². The van der Waals surface area contributed by atoms with Gasteiger partial charge in [0.15, 0.2) is 0 Å². The van der Waals surface area contributed by atoms with Crippen LogP contribution < -0.4 is 5.32 Å². The van der Waals surface area contributed by atoms with E-state index in [9.17, 15) is 18.4 Å². The molecule has 6 heteroatoms. The molecule has 4 nitrogen and oxygen atoms in total. The third-order valence-electron chi connectivity index (χ3n) is 3.08. The van der Waals surface area contributed by atoms with Gasteiger partial charge in [-0.2, -0.15) is 0 Å². The van der Waals surface area contributed by atoms with Crippen LogP contribution in [0.15, 0.2) is 18.2 Å². The number of halogens is 2. The van der Waals surface area contributed by atoms with Crippen molar-refractivity contribution in [2.75, 3.05) is 0 Å². The molecule has 1 atom stereocenters. The van der Waals surface area contributed by atoms with Crippen molar-refractivity contribution < 1.29 is 23.5 Å². The minimum Gasteiger partial charge on any atom is -0.481 e. The van der Waals surface area contributed by atoms with Crippen LogP contribution in [0.2, 0.25) is 0 Å². The normalized spacial score (nSPS) is 12.8. The largest absolute Gasteiger partial charge is 0.481 e. The highest BCUT2D eigenvalue weighted by Crippen LogP contribution is 2.26. The molecule has 0 bridgehead atoms. The zero-order valence-electron chi connectivity index (χ0n) is 12.2. The summed E-state index contributed by atoms with van der Waals surface area (Å²) >= 11 is 0. The first-order valence-corrected chi connectivity index (χ1v) is 6.57. The maximum Gasteiger partial charge on any atom is 0.303 e. The molecular weight excluding hydrogens is 280 g/mol. The van der Waals surface area contributed by atoms with Gasteiger partial charge >= 0.3 is 5.97 Å². The zero-order chi connectivity index (χ0) is 16.2. The van der Waals surface area contributed by atoms with Crippen LogP contribution in [0, 0.1) is 17.0 Å². The fourth-order valence-corrected chi connectivity index (χ4v) is 2.20. The SMILES string of the molecule is CC(NC(=O)CC(C)(C)CC(=O)O)c1c(F)cccc1F. The van der Waals surface area contributed by atoms with Crippen molar-refractivity contribution in [3.63, 3.8) is 0 Å². The van der Waals surface area contributed by atoms with Crippen LogP contribution in [0.3, 0.4) is 0 Å². The number of carbonyl (C=O) groups is 2. The van der Waals surface area contributed by atoms with Gasteiger partial charge in [-0.15, -0.1) is 0 Å². The number of nitrogens with one attached hydrogen (secondary N) is 1. The van der Waals surface area contributed by atoms with Crippen LogP contribution in [-0.4, -0.2) is 17.0 Å². The molecular formula is C15H19F2NO3. The molecule has 21 heavy (non-hydrogen) atoms. The van der Waals surface area contributed by atoms with E-state index < -0.39 is 35.0 Å². The lowest BCUT2D eigenvalue weighted by atomic mass is 9.85. The summed E-state index contributed by atoms with van der Waals surface area (Å²) in [5.74, 6) is -2.91. The molecule has 0 radical (unpaired) electrons. The average Bonchev–Trinajstić information content (AvgIpc) is 2.24. The monoisotopic (exact) mass is 299 g/mol. The number of carboxylic acid groups (broad SMARTS) is 1. The second-order valence-corrected chi connectivity index (χ2v) is 5.84. The number of benzene rings is 1. The number of carboxylic acids is 1. The highest BCUT2D eigenvalue weighted by Gasteiger charge is 2.26. The molecule has 116 valence electrons. The van der Waals surface area contributed by atoms with Gasteiger partial charge < -0.3 is 10.4 Å². The van der Waals surface area contributed by atoms with Gasteiger partial charge in [0.2, 0.25) is 5.91 Å². The Labute approximate surface area is 122 Å². The smallest absolute Gasteiger partial charge is 0.303 e. The Bertz CT molecular complexity index is 523. The molecule has 0 saturated carbocycles. The first-order chi connectivity index (χ1) is 9.62. The Balaban J connectivity index is 2.73. The molecule has 1 amide bonds. The number of hydrogen-bond donors (Lipinski definition) is 2. The van der Waals surface area contributed by atoms with Crippen LogP contribution >= 0.6 is 0 Å². The minimum atomic E-state index is -0.999. The molecule has 0 aromatic heterocycles. The summed E-state index contributed by atoms with van der Waals surface area (Å²) in [7, 11) is 0. The molecule has 1 rings (SSSR count). The Hall–Kier alpha value is -1.98. The Morgan fingerprint density at radius 3 is 2.24 bits per heavy atom. The Morgan fingerprint density at radius 1 is 1.24 bits per heavy atom. The fraction of sp³-hybridized carbons (Fsp3) is 0.467. The van der Waals surface area contributed by atoms with Gasteiger partial charge in [0.1, 0.15) is 11.6 Å². The van der Waals surface area contributed by atoms with Crippen molar-refractivity contribution >= 4 is 11.9 Å².